The lowest BCUT2D eigenvalue weighted by atomic mass is 10.0. The fourth-order valence-electron chi connectivity index (χ4n) is 4.36. The van der Waals surface area contributed by atoms with E-state index < -0.39 is 15.7 Å². The molecule has 0 atom stereocenters. The molecule has 0 saturated heterocycles. The predicted molar refractivity (Wildman–Crippen MR) is 131 cm³/mol. The van der Waals surface area contributed by atoms with Gasteiger partial charge in [0.15, 0.2) is 0 Å². The Labute approximate surface area is 201 Å². The zero-order valence-corrected chi connectivity index (χ0v) is 20.5. The number of nitriles is 1. The molecule has 1 aliphatic rings. The first-order valence-electron chi connectivity index (χ1n) is 11.2. The van der Waals surface area contributed by atoms with Crippen LogP contribution in [-0.2, 0) is 29.1 Å². The van der Waals surface area contributed by atoms with Crippen LogP contribution in [0.15, 0.2) is 64.4 Å². The maximum atomic E-state index is 13.7. The monoisotopic (exact) mass is 477 g/mol. The standard InChI is InChI=1S/C27H28FN3O2S/c1-30(2)26-16-21-10-12-31(3)13-11-22(21)17-27(26)34(32,33)25-8-4-19(5-9-25)14-20-6-7-24(28)15-23(20)18-29/h4-9,15-17H,10-14H2,1-3H3. The Bertz CT molecular complexity index is 1360. The molecule has 0 N–H and O–H groups in total. The van der Waals surface area contributed by atoms with Crippen molar-refractivity contribution in [2.75, 3.05) is 39.1 Å². The molecule has 0 bridgehead atoms. The summed E-state index contributed by atoms with van der Waals surface area (Å²) in [6, 6.07) is 16.8. The van der Waals surface area contributed by atoms with Gasteiger partial charge in [0.2, 0.25) is 9.84 Å². The van der Waals surface area contributed by atoms with Gasteiger partial charge in [-0.25, -0.2) is 12.8 Å². The van der Waals surface area contributed by atoms with Crippen molar-refractivity contribution >= 4 is 15.5 Å². The van der Waals surface area contributed by atoms with Crippen molar-refractivity contribution in [2.45, 2.75) is 29.1 Å². The molecule has 0 unspecified atom stereocenters. The van der Waals surface area contributed by atoms with Crippen LogP contribution in [0.25, 0.3) is 0 Å². The molecule has 34 heavy (non-hydrogen) atoms. The Kier molecular flexibility index (Phi) is 6.74. The SMILES string of the molecule is CN1CCc2cc(N(C)C)c(S(=O)(=O)c3ccc(Cc4ccc(F)cc4C#N)cc3)cc2CC1. The molecular formula is C27H28FN3O2S. The Hall–Kier alpha value is -3.21. The van der Waals surface area contributed by atoms with E-state index in [9.17, 15) is 18.1 Å². The van der Waals surface area contributed by atoms with Gasteiger partial charge in [0.1, 0.15) is 5.82 Å². The van der Waals surface area contributed by atoms with Crippen LogP contribution >= 0.6 is 0 Å². The summed E-state index contributed by atoms with van der Waals surface area (Å²) in [6.07, 6.45) is 2.13. The molecule has 4 rings (SSSR count). The van der Waals surface area contributed by atoms with Gasteiger partial charge in [-0.05, 0) is 85.0 Å². The number of anilines is 1. The zero-order valence-electron chi connectivity index (χ0n) is 19.7. The van der Waals surface area contributed by atoms with Crippen LogP contribution in [0.4, 0.5) is 10.1 Å². The first-order chi connectivity index (χ1) is 16.2. The summed E-state index contributed by atoms with van der Waals surface area (Å²) < 4.78 is 40.8. The molecule has 0 aromatic heterocycles. The van der Waals surface area contributed by atoms with E-state index in [0.29, 0.717) is 22.6 Å². The van der Waals surface area contributed by atoms with Crippen LogP contribution in [0.2, 0.25) is 0 Å². The van der Waals surface area contributed by atoms with E-state index in [-0.39, 0.29) is 10.5 Å². The molecule has 0 aliphatic carbocycles. The number of hydrogen-bond acceptors (Lipinski definition) is 5. The topological polar surface area (TPSA) is 64.4 Å². The second kappa shape index (κ2) is 9.57. The first-order valence-corrected chi connectivity index (χ1v) is 12.7. The highest BCUT2D eigenvalue weighted by Gasteiger charge is 2.25. The molecule has 3 aromatic rings. The lowest BCUT2D eigenvalue weighted by Crippen LogP contribution is -2.20. The minimum Gasteiger partial charge on any atom is -0.377 e. The Morgan fingerprint density at radius 2 is 1.65 bits per heavy atom. The summed E-state index contributed by atoms with van der Waals surface area (Å²) in [7, 11) is 2.07. The van der Waals surface area contributed by atoms with E-state index in [0.717, 1.165) is 37.1 Å². The molecule has 0 fully saturated rings. The van der Waals surface area contributed by atoms with Gasteiger partial charge in [-0.15, -0.1) is 0 Å². The lowest BCUT2D eigenvalue weighted by molar-refractivity contribution is 0.352. The van der Waals surface area contributed by atoms with Gasteiger partial charge in [-0.1, -0.05) is 18.2 Å². The van der Waals surface area contributed by atoms with Crippen LogP contribution in [0.1, 0.15) is 27.8 Å². The number of nitrogens with zero attached hydrogens (tertiary/aromatic N) is 3. The van der Waals surface area contributed by atoms with E-state index in [2.05, 4.69) is 11.9 Å². The first kappa shape index (κ1) is 23.9. The average molecular weight is 478 g/mol. The van der Waals surface area contributed by atoms with Gasteiger partial charge in [0.05, 0.1) is 27.1 Å². The highest BCUT2D eigenvalue weighted by Crippen LogP contribution is 2.34. The minimum absolute atomic E-state index is 0.227. The summed E-state index contributed by atoms with van der Waals surface area (Å²) in [4.78, 5) is 4.67. The molecular weight excluding hydrogens is 449 g/mol. The maximum Gasteiger partial charge on any atom is 0.208 e. The quantitative estimate of drug-likeness (QED) is 0.551. The van der Waals surface area contributed by atoms with Crippen molar-refractivity contribution in [3.63, 3.8) is 0 Å². The third kappa shape index (κ3) is 4.84. The molecule has 1 aliphatic heterocycles. The Morgan fingerprint density at radius 1 is 1.00 bits per heavy atom. The molecule has 7 heteroatoms. The second-order valence-electron chi connectivity index (χ2n) is 9.02. The number of hydrogen-bond donors (Lipinski definition) is 0. The summed E-state index contributed by atoms with van der Waals surface area (Å²) in [5.41, 5.74) is 4.81. The number of benzene rings is 3. The van der Waals surface area contributed by atoms with Crippen molar-refractivity contribution in [3.8, 4) is 6.07 Å². The highest BCUT2D eigenvalue weighted by atomic mass is 32.2. The fraction of sp³-hybridized carbons (Fsp3) is 0.296. The number of likely N-dealkylation sites (N-methyl/N-ethyl adjacent to an activating group) is 1. The van der Waals surface area contributed by atoms with Crippen molar-refractivity contribution in [3.05, 3.63) is 88.2 Å². The van der Waals surface area contributed by atoms with Gasteiger partial charge < -0.3 is 9.80 Å². The Balaban J connectivity index is 1.68. The molecule has 0 spiro atoms. The smallest absolute Gasteiger partial charge is 0.208 e. The molecule has 0 amide bonds. The van der Waals surface area contributed by atoms with Crippen molar-refractivity contribution < 1.29 is 12.8 Å². The largest absolute Gasteiger partial charge is 0.377 e. The predicted octanol–water partition coefficient (Wildman–Crippen LogP) is 4.22. The van der Waals surface area contributed by atoms with E-state index >= 15 is 0 Å². The normalized spacial score (nSPS) is 14.2. The van der Waals surface area contributed by atoms with Crippen molar-refractivity contribution in [1.29, 1.82) is 5.26 Å². The van der Waals surface area contributed by atoms with E-state index in [1.165, 1.54) is 17.7 Å². The number of halogens is 1. The molecule has 0 saturated carbocycles. The lowest BCUT2D eigenvalue weighted by Gasteiger charge is -2.21. The number of sulfone groups is 1. The zero-order chi connectivity index (χ0) is 24.5. The van der Waals surface area contributed by atoms with Gasteiger partial charge in [0.25, 0.3) is 0 Å². The van der Waals surface area contributed by atoms with E-state index in [1.54, 1.807) is 30.3 Å². The molecule has 3 aromatic carbocycles. The van der Waals surface area contributed by atoms with Crippen molar-refractivity contribution in [1.82, 2.24) is 4.90 Å². The molecule has 5 nitrogen and oxygen atoms in total. The number of rotatable bonds is 5. The van der Waals surface area contributed by atoms with Crippen LogP contribution < -0.4 is 4.90 Å². The molecule has 1 heterocycles. The van der Waals surface area contributed by atoms with Gasteiger partial charge in [-0.2, -0.15) is 5.26 Å². The van der Waals surface area contributed by atoms with Crippen LogP contribution in [0, 0.1) is 17.1 Å². The fourth-order valence-corrected chi connectivity index (χ4v) is 5.92. The summed E-state index contributed by atoms with van der Waals surface area (Å²) in [5.74, 6) is -0.453. The van der Waals surface area contributed by atoms with Gasteiger partial charge >= 0.3 is 0 Å². The second-order valence-corrected chi connectivity index (χ2v) is 10.9. The van der Waals surface area contributed by atoms with Crippen LogP contribution in [0.3, 0.4) is 0 Å². The Morgan fingerprint density at radius 3 is 2.26 bits per heavy atom. The third-order valence-corrected chi connectivity index (χ3v) is 8.20. The summed E-state index contributed by atoms with van der Waals surface area (Å²) in [6.45, 7) is 1.85. The summed E-state index contributed by atoms with van der Waals surface area (Å²) >= 11 is 0. The summed E-state index contributed by atoms with van der Waals surface area (Å²) in [5, 5.41) is 9.28. The van der Waals surface area contributed by atoms with Gasteiger partial charge in [-0.3, -0.25) is 0 Å². The van der Waals surface area contributed by atoms with Crippen molar-refractivity contribution in [2.24, 2.45) is 0 Å². The highest BCUT2D eigenvalue weighted by molar-refractivity contribution is 7.91. The molecule has 176 valence electrons. The number of fused-ring (bicyclic) bond motifs is 1. The van der Waals surface area contributed by atoms with E-state index in [1.807, 2.05) is 37.2 Å². The average Bonchev–Trinajstić information content (AvgIpc) is 3.00. The minimum atomic E-state index is -3.74. The van der Waals surface area contributed by atoms with Crippen LogP contribution in [-0.4, -0.2) is 47.6 Å². The maximum absolute atomic E-state index is 13.7. The van der Waals surface area contributed by atoms with E-state index in [4.69, 9.17) is 0 Å². The third-order valence-electron chi connectivity index (χ3n) is 6.40. The molecule has 0 radical (unpaired) electrons. The van der Waals surface area contributed by atoms with Crippen LogP contribution in [0.5, 0.6) is 0 Å². The van der Waals surface area contributed by atoms with Gasteiger partial charge in [0, 0.05) is 27.2 Å².